The van der Waals surface area contributed by atoms with Crippen LogP contribution >= 0.6 is 0 Å². The first kappa shape index (κ1) is 20.3. The van der Waals surface area contributed by atoms with Crippen LogP contribution in [0.3, 0.4) is 0 Å². The van der Waals surface area contributed by atoms with Gasteiger partial charge in [-0.3, -0.25) is 0 Å². The SMILES string of the molecule is CCC(C)CC(CC)NCC1CCN(C(=O)OC(C)(C)C)CC1. The molecule has 4 nitrogen and oxygen atoms in total. The lowest BCUT2D eigenvalue weighted by molar-refractivity contribution is 0.0183. The molecule has 1 fully saturated rings. The molecule has 0 bridgehead atoms. The van der Waals surface area contributed by atoms with Gasteiger partial charge >= 0.3 is 6.09 Å². The number of hydrogen-bond acceptors (Lipinski definition) is 3. The third-order valence-electron chi connectivity index (χ3n) is 4.84. The van der Waals surface area contributed by atoms with Crippen molar-refractivity contribution < 1.29 is 9.53 Å². The molecular weight excluding hydrogens is 288 g/mol. The van der Waals surface area contributed by atoms with Crippen molar-refractivity contribution in [2.24, 2.45) is 11.8 Å². The minimum Gasteiger partial charge on any atom is -0.444 e. The average molecular weight is 327 g/mol. The summed E-state index contributed by atoms with van der Waals surface area (Å²) in [5, 5.41) is 3.75. The summed E-state index contributed by atoms with van der Waals surface area (Å²) in [6.45, 7) is 15.4. The maximum Gasteiger partial charge on any atom is 0.410 e. The zero-order valence-corrected chi connectivity index (χ0v) is 16.2. The van der Waals surface area contributed by atoms with E-state index in [-0.39, 0.29) is 6.09 Å². The highest BCUT2D eigenvalue weighted by Gasteiger charge is 2.27. The minimum absolute atomic E-state index is 0.160. The zero-order chi connectivity index (χ0) is 17.5. The lowest BCUT2D eigenvalue weighted by Crippen LogP contribution is -2.44. The molecule has 136 valence electrons. The van der Waals surface area contributed by atoms with Crippen LogP contribution in [0.4, 0.5) is 4.79 Å². The van der Waals surface area contributed by atoms with E-state index in [2.05, 4.69) is 26.1 Å². The Morgan fingerprint density at radius 3 is 2.30 bits per heavy atom. The van der Waals surface area contributed by atoms with Gasteiger partial charge in [0.05, 0.1) is 0 Å². The third-order valence-corrected chi connectivity index (χ3v) is 4.84. The summed E-state index contributed by atoms with van der Waals surface area (Å²) in [6.07, 6.45) is 5.71. The van der Waals surface area contributed by atoms with E-state index in [4.69, 9.17) is 4.74 Å². The summed E-state index contributed by atoms with van der Waals surface area (Å²) in [4.78, 5) is 13.9. The van der Waals surface area contributed by atoms with Gasteiger partial charge in [-0.25, -0.2) is 4.79 Å². The Hall–Kier alpha value is -0.770. The molecule has 1 heterocycles. The van der Waals surface area contributed by atoms with E-state index in [1.165, 1.54) is 19.3 Å². The van der Waals surface area contributed by atoms with Crippen molar-refractivity contribution in [1.82, 2.24) is 10.2 Å². The average Bonchev–Trinajstić information content (AvgIpc) is 2.49. The molecule has 0 spiro atoms. The number of likely N-dealkylation sites (tertiary alicyclic amines) is 1. The molecule has 1 N–H and O–H groups in total. The maximum atomic E-state index is 12.1. The van der Waals surface area contributed by atoms with Crippen LogP contribution in [0, 0.1) is 11.8 Å². The topological polar surface area (TPSA) is 41.6 Å². The van der Waals surface area contributed by atoms with Crippen molar-refractivity contribution in [3.63, 3.8) is 0 Å². The number of hydrogen-bond donors (Lipinski definition) is 1. The van der Waals surface area contributed by atoms with Crippen molar-refractivity contribution in [1.29, 1.82) is 0 Å². The van der Waals surface area contributed by atoms with E-state index in [1.54, 1.807) is 0 Å². The number of nitrogens with one attached hydrogen (secondary N) is 1. The molecular formula is C19H38N2O2. The Balaban J connectivity index is 2.29. The summed E-state index contributed by atoms with van der Waals surface area (Å²) in [6, 6.07) is 0.633. The van der Waals surface area contributed by atoms with Crippen molar-refractivity contribution in [3.05, 3.63) is 0 Å². The number of carbonyl (C=O) groups excluding carboxylic acids is 1. The summed E-state index contributed by atoms with van der Waals surface area (Å²) in [7, 11) is 0. The molecule has 4 heteroatoms. The second kappa shape index (κ2) is 9.51. The summed E-state index contributed by atoms with van der Waals surface area (Å²) in [5.41, 5.74) is -0.403. The van der Waals surface area contributed by atoms with Crippen LogP contribution in [-0.4, -0.2) is 42.3 Å². The first-order valence-electron chi connectivity index (χ1n) is 9.46. The molecule has 2 atom stereocenters. The van der Waals surface area contributed by atoms with Crippen LogP contribution < -0.4 is 5.32 Å². The number of piperidine rings is 1. The van der Waals surface area contributed by atoms with Crippen LogP contribution in [0.15, 0.2) is 0 Å². The lowest BCUT2D eigenvalue weighted by atomic mass is 9.94. The first-order valence-corrected chi connectivity index (χ1v) is 9.46. The number of carbonyl (C=O) groups is 1. The van der Waals surface area contributed by atoms with Gasteiger partial charge in [-0.2, -0.15) is 0 Å². The van der Waals surface area contributed by atoms with Gasteiger partial charge in [0.1, 0.15) is 5.60 Å². The van der Waals surface area contributed by atoms with Gasteiger partial charge in [0, 0.05) is 19.1 Å². The highest BCUT2D eigenvalue weighted by atomic mass is 16.6. The van der Waals surface area contributed by atoms with Crippen LogP contribution in [0.1, 0.15) is 73.6 Å². The summed E-state index contributed by atoms with van der Waals surface area (Å²) < 4.78 is 5.46. The quantitative estimate of drug-likeness (QED) is 0.752. The Labute approximate surface area is 143 Å². The predicted molar refractivity (Wildman–Crippen MR) is 96.7 cm³/mol. The van der Waals surface area contributed by atoms with Crippen LogP contribution in [0.5, 0.6) is 0 Å². The molecule has 1 aliphatic rings. The van der Waals surface area contributed by atoms with Crippen molar-refractivity contribution >= 4 is 6.09 Å². The highest BCUT2D eigenvalue weighted by molar-refractivity contribution is 5.68. The van der Waals surface area contributed by atoms with Crippen LogP contribution in [0.2, 0.25) is 0 Å². The fraction of sp³-hybridized carbons (Fsp3) is 0.947. The fourth-order valence-electron chi connectivity index (χ4n) is 3.03. The summed E-state index contributed by atoms with van der Waals surface area (Å²) >= 11 is 0. The van der Waals surface area contributed by atoms with Gasteiger partial charge in [-0.15, -0.1) is 0 Å². The number of amides is 1. The number of nitrogens with zero attached hydrogens (tertiary/aromatic N) is 1. The molecule has 0 aromatic heterocycles. The highest BCUT2D eigenvalue weighted by Crippen LogP contribution is 2.20. The molecule has 1 amide bonds. The van der Waals surface area contributed by atoms with E-state index in [0.29, 0.717) is 12.0 Å². The second-order valence-electron chi connectivity index (χ2n) is 8.17. The molecule has 0 aromatic carbocycles. The molecule has 0 radical (unpaired) electrons. The molecule has 23 heavy (non-hydrogen) atoms. The molecule has 0 saturated carbocycles. The Morgan fingerprint density at radius 1 is 1.22 bits per heavy atom. The van der Waals surface area contributed by atoms with Crippen LogP contribution in [0.25, 0.3) is 0 Å². The normalized spacial score (nSPS) is 19.5. The standard InChI is InChI=1S/C19H38N2O2/c1-7-15(3)13-17(8-2)20-14-16-9-11-21(12-10-16)18(22)23-19(4,5)6/h15-17,20H,7-14H2,1-6H3. The molecule has 1 aliphatic heterocycles. The van der Waals surface area contributed by atoms with Crippen molar-refractivity contribution in [2.75, 3.05) is 19.6 Å². The monoisotopic (exact) mass is 326 g/mol. The van der Waals surface area contributed by atoms with Gasteiger partial charge < -0.3 is 15.0 Å². The largest absolute Gasteiger partial charge is 0.444 e. The van der Waals surface area contributed by atoms with Crippen molar-refractivity contribution in [2.45, 2.75) is 85.3 Å². The fourth-order valence-corrected chi connectivity index (χ4v) is 3.03. The van der Waals surface area contributed by atoms with E-state index < -0.39 is 5.60 Å². The van der Waals surface area contributed by atoms with Crippen LogP contribution in [-0.2, 0) is 4.74 Å². The van der Waals surface area contributed by atoms with Gasteiger partial charge in [-0.05, 0) is 64.8 Å². The first-order chi connectivity index (χ1) is 10.7. The predicted octanol–water partition coefficient (Wildman–Crippen LogP) is 4.44. The van der Waals surface area contributed by atoms with Gasteiger partial charge in [0.2, 0.25) is 0 Å². The zero-order valence-electron chi connectivity index (χ0n) is 16.2. The Bertz CT molecular complexity index is 344. The van der Waals surface area contributed by atoms with E-state index in [9.17, 15) is 4.79 Å². The Kier molecular flexibility index (Phi) is 8.38. The molecule has 0 aliphatic carbocycles. The molecule has 0 aromatic rings. The lowest BCUT2D eigenvalue weighted by Gasteiger charge is -2.34. The third kappa shape index (κ3) is 8.05. The second-order valence-corrected chi connectivity index (χ2v) is 8.17. The number of ether oxygens (including phenoxy) is 1. The summed E-state index contributed by atoms with van der Waals surface area (Å²) in [5.74, 6) is 1.47. The van der Waals surface area contributed by atoms with Gasteiger partial charge in [0.25, 0.3) is 0 Å². The van der Waals surface area contributed by atoms with Gasteiger partial charge in [0.15, 0.2) is 0 Å². The van der Waals surface area contributed by atoms with E-state index in [0.717, 1.165) is 38.4 Å². The van der Waals surface area contributed by atoms with Crippen molar-refractivity contribution in [3.8, 4) is 0 Å². The molecule has 2 unspecified atom stereocenters. The van der Waals surface area contributed by atoms with E-state index >= 15 is 0 Å². The van der Waals surface area contributed by atoms with Gasteiger partial charge in [-0.1, -0.05) is 27.2 Å². The minimum atomic E-state index is -0.403. The molecule has 1 rings (SSSR count). The number of rotatable bonds is 7. The Morgan fingerprint density at radius 2 is 1.83 bits per heavy atom. The molecule has 1 saturated heterocycles. The van der Waals surface area contributed by atoms with E-state index in [1.807, 2.05) is 25.7 Å². The maximum absolute atomic E-state index is 12.1. The smallest absolute Gasteiger partial charge is 0.410 e.